The van der Waals surface area contributed by atoms with Crippen molar-refractivity contribution in [1.82, 2.24) is 24.1 Å². The number of nitro groups is 1. The van der Waals surface area contributed by atoms with E-state index in [0.717, 1.165) is 5.52 Å². The zero-order valence-corrected chi connectivity index (χ0v) is 16.8. The summed E-state index contributed by atoms with van der Waals surface area (Å²) in [6.07, 6.45) is 1.60. The van der Waals surface area contributed by atoms with E-state index in [9.17, 15) is 18.5 Å². The fourth-order valence-electron chi connectivity index (χ4n) is 3.57. The van der Waals surface area contributed by atoms with Gasteiger partial charge in [0.05, 0.1) is 23.3 Å². The fourth-order valence-corrected chi connectivity index (χ4v) is 5.29. The van der Waals surface area contributed by atoms with Crippen molar-refractivity contribution in [3.05, 3.63) is 46.0 Å². The summed E-state index contributed by atoms with van der Waals surface area (Å²) >= 11 is 0. The van der Waals surface area contributed by atoms with Gasteiger partial charge in [0.1, 0.15) is 10.6 Å². The van der Waals surface area contributed by atoms with Gasteiger partial charge in [-0.15, -0.1) is 0 Å². The second-order valence-electron chi connectivity index (χ2n) is 6.96. The lowest BCUT2D eigenvalue weighted by Gasteiger charge is -2.33. The largest absolute Gasteiger partial charge is 0.360 e. The highest BCUT2D eigenvalue weighted by Crippen LogP contribution is 2.25. The van der Waals surface area contributed by atoms with Crippen LogP contribution in [-0.2, 0) is 16.7 Å². The molecule has 11 nitrogen and oxygen atoms in total. The van der Waals surface area contributed by atoms with Crippen molar-refractivity contribution >= 4 is 26.6 Å². The Morgan fingerprint density at radius 1 is 1.21 bits per heavy atom. The summed E-state index contributed by atoms with van der Waals surface area (Å²) in [4.78, 5) is 12.7. The third kappa shape index (κ3) is 3.50. The molecular weight excluding hydrogens is 400 g/mol. The lowest BCUT2D eigenvalue weighted by molar-refractivity contribution is -0.384. The van der Waals surface area contributed by atoms with Crippen LogP contribution in [0.5, 0.6) is 0 Å². The molecule has 4 rings (SSSR count). The minimum atomic E-state index is -3.65. The topological polar surface area (TPSA) is 128 Å². The SMILES string of the molecule is Cc1noc(C)c1S(=O)(=O)N1CCN(Cn2ncc3cc([N+](=O)[O-])ccc32)CC1. The van der Waals surface area contributed by atoms with Crippen LogP contribution in [0.25, 0.3) is 10.9 Å². The lowest BCUT2D eigenvalue weighted by Crippen LogP contribution is -2.49. The molecule has 3 aromatic rings. The van der Waals surface area contributed by atoms with Crippen LogP contribution in [0.3, 0.4) is 0 Å². The van der Waals surface area contributed by atoms with Gasteiger partial charge in [0, 0.05) is 43.7 Å². The predicted octanol–water partition coefficient (Wildman–Crippen LogP) is 1.51. The summed E-state index contributed by atoms with van der Waals surface area (Å²) in [6.45, 7) is 5.45. The number of aromatic nitrogens is 3. The molecule has 12 heteroatoms. The molecular formula is C17H20N6O5S. The Morgan fingerprint density at radius 3 is 2.55 bits per heavy atom. The first kappa shape index (κ1) is 19.5. The molecule has 29 heavy (non-hydrogen) atoms. The maximum atomic E-state index is 12.9. The highest BCUT2D eigenvalue weighted by atomic mass is 32.2. The van der Waals surface area contributed by atoms with Crippen molar-refractivity contribution in [2.75, 3.05) is 26.2 Å². The minimum absolute atomic E-state index is 0.0233. The number of benzene rings is 1. The maximum absolute atomic E-state index is 12.9. The van der Waals surface area contributed by atoms with Gasteiger partial charge in [0.25, 0.3) is 5.69 Å². The summed E-state index contributed by atoms with van der Waals surface area (Å²) in [5.41, 5.74) is 1.18. The van der Waals surface area contributed by atoms with Gasteiger partial charge < -0.3 is 4.52 Å². The number of sulfonamides is 1. The molecule has 0 aliphatic carbocycles. The summed E-state index contributed by atoms with van der Waals surface area (Å²) < 4.78 is 34.0. The third-order valence-electron chi connectivity index (χ3n) is 5.07. The Labute approximate surface area is 166 Å². The number of nitro benzene ring substituents is 1. The molecule has 0 N–H and O–H groups in total. The molecule has 0 unspecified atom stereocenters. The third-order valence-corrected chi connectivity index (χ3v) is 7.21. The number of aryl methyl sites for hydroxylation is 2. The van der Waals surface area contributed by atoms with E-state index < -0.39 is 14.9 Å². The molecule has 1 fully saturated rings. The first-order valence-electron chi connectivity index (χ1n) is 9.02. The summed E-state index contributed by atoms with van der Waals surface area (Å²) in [7, 11) is -3.65. The molecule has 1 saturated heterocycles. The van der Waals surface area contributed by atoms with Crippen LogP contribution in [0.1, 0.15) is 11.5 Å². The number of piperazine rings is 1. The van der Waals surface area contributed by atoms with Gasteiger partial charge in [-0.05, 0) is 19.9 Å². The zero-order chi connectivity index (χ0) is 20.8. The van der Waals surface area contributed by atoms with Crippen molar-refractivity contribution in [2.45, 2.75) is 25.4 Å². The minimum Gasteiger partial charge on any atom is -0.360 e. The summed E-state index contributed by atoms with van der Waals surface area (Å²) in [6, 6.07) is 4.63. The first-order valence-corrected chi connectivity index (χ1v) is 10.5. The van der Waals surface area contributed by atoms with E-state index in [2.05, 4.69) is 15.2 Å². The molecule has 0 saturated carbocycles. The van der Waals surface area contributed by atoms with Gasteiger partial charge in [-0.2, -0.15) is 9.40 Å². The van der Waals surface area contributed by atoms with Gasteiger partial charge in [-0.3, -0.25) is 19.7 Å². The Kier molecular flexibility index (Phi) is 4.84. The fraction of sp³-hybridized carbons (Fsp3) is 0.412. The monoisotopic (exact) mass is 420 g/mol. The number of hydrogen-bond donors (Lipinski definition) is 0. The maximum Gasteiger partial charge on any atom is 0.270 e. The van der Waals surface area contributed by atoms with Crippen LogP contribution in [0, 0.1) is 24.0 Å². The van der Waals surface area contributed by atoms with E-state index in [4.69, 9.17) is 4.52 Å². The number of fused-ring (bicyclic) bond motifs is 1. The van der Waals surface area contributed by atoms with Gasteiger partial charge in [-0.25, -0.2) is 8.42 Å². The van der Waals surface area contributed by atoms with E-state index in [-0.39, 0.29) is 10.6 Å². The normalized spacial score (nSPS) is 16.5. The van der Waals surface area contributed by atoms with Gasteiger partial charge in [0.2, 0.25) is 10.0 Å². The first-order chi connectivity index (χ1) is 13.8. The zero-order valence-electron chi connectivity index (χ0n) is 16.0. The quantitative estimate of drug-likeness (QED) is 0.449. The Morgan fingerprint density at radius 2 is 1.93 bits per heavy atom. The standard InChI is InChI=1S/C17H20N6O5S/c1-12-17(13(2)28-19-12)29(26,27)21-7-5-20(6-8-21)11-22-16-4-3-15(23(24)25)9-14(16)10-18-22/h3-4,9-10H,5-8,11H2,1-2H3. The van der Waals surface area contributed by atoms with Crippen molar-refractivity contribution in [2.24, 2.45) is 0 Å². The van der Waals surface area contributed by atoms with E-state index >= 15 is 0 Å². The number of hydrogen-bond acceptors (Lipinski definition) is 8. The highest BCUT2D eigenvalue weighted by molar-refractivity contribution is 7.89. The Balaban J connectivity index is 1.45. The second kappa shape index (κ2) is 7.21. The van der Waals surface area contributed by atoms with Crippen LogP contribution in [0.4, 0.5) is 5.69 Å². The molecule has 0 bridgehead atoms. The molecule has 0 amide bonds. The van der Waals surface area contributed by atoms with Crippen LogP contribution in [-0.4, -0.2) is 63.7 Å². The summed E-state index contributed by atoms with van der Waals surface area (Å²) in [5, 5.41) is 19.7. The van der Waals surface area contributed by atoms with Crippen LogP contribution in [0.15, 0.2) is 33.8 Å². The van der Waals surface area contributed by atoms with E-state index in [1.807, 2.05) is 0 Å². The van der Waals surface area contributed by atoms with Crippen molar-refractivity contribution in [1.29, 1.82) is 0 Å². The van der Waals surface area contributed by atoms with Crippen LogP contribution >= 0.6 is 0 Å². The molecule has 0 radical (unpaired) electrons. The van der Waals surface area contributed by atoms with Gasteiger partial charge >= 0.3 is 0 Å². The average molecular weight is 420 g/mol. The van der Waals surface area contributed by atoms with Crippen LogP contribution < -0.4 is 0 Å². The molecule has 0 spiro atoms. The molecule has 0 atom stereocenters. The lowest BCUT2D eigenvalue weighted by atomic mass is 10.2. The Hall–Kier alpha value is -2.83. The molecule has 3 heterocycles. The number of rotatable bonds is 5. The Bertz CT molecular complexity index is 1160. The average Bonchev–Trinajstić information content (AvgIpc) is 3.24. The number of nitrogens with zero attached hydrogens (tertiary/aromatic N) is 6. The van der Waals surface area contributed by atoms with Crippen molar-refractivity contribution < 1.29 is 17.9 Å². The smallest absolute Gasteiger partial charge is 0.270 e. The van der Waals surface area contributed by atoms with E-state index in [0.29, 0.717) is 49.7 Å². The van der Waals surface area contributed by atoms with Crippen LogP contribution in [0.2, 0.25) is 0 Å². The molecule has 154 valence electrons. The van der Waals surface area contributed by atoms with E-state index in [1.165, 1.54) is 16.4 Å². The van der Waals surface area contributed by atoms with Crippen molar-refractivity contribution in [3.63, 3.8) is 0 Å². The summed E-state index contributed by atoms with van der Waals surface area (Å²) in [5.74, 6) is 0.294. The highest BCUT2D eigenvalue weighted by Gasteiger charge is 2.33. The molecule has 2 aromatic heterocycles. The second-order valence-corrected chi connectivity index (χ2v) is 8.84. The predicted molar refractivity (Wildman–Crippen MR) is 103 cm³/mol. The van der Waals surface area contributed by atoms with Gasteiger partial charge in [0.15, 0.2) is 5.76 Å². The molecule has 1 aliphatic rings. The van der Waals surface area contributed by atoms with Gasteiger partial charge in [-0.1, -0.05) is 5.16 Å². The number of non-ortho nitro benzene ring substituents is 1. The van der Waals surface area contributed by atoms with E-state index in [1.54, 1.807) is 30.8 Å². The van der Waals surface area contributed by atoms with Crippen molar-refractivity contribution in [3.8, 4) is 0 Å². The molecule has 1 aromatic carbocycles. The molecule has 1 aliphatic heterocycles.